The molecule has 4 nitrogen and oxygen atoms in total. The van der Waals surface area contributed by atoms with Crippen molar-refractivity contribution in [1.82, 2.24) is 15.1 Å². The fourth-order valence-electron chi connectivity index (χ4n) is 2.35. The summed E-state index contributed by atoms with van der Waals surface area (Å²) in [6.07, 6.45) is -6.57. The van der Waals surface area contributed by atoms with Crippen LogP contribution in [-0.2, 0) is 11.3 Å². The van der Waals surface area contributed by atoms with E-state index in [4.69, 9.17) is 0 Å². The molecule has 0 spiro atoms. The van der Waals surface area contributed by atoms with Gasteiger partial charge in [0.25, 0.3) is 5.91 Å². The van der Waals surface area contributed by atoms with Crippen molar-refractivity contribution in [3.05, 3.63) is 47.3 Å². The minimum Gasteiger partial charge on any atom is -0.346 e. The molecular weight excluding hydrogens is 383 g/mol. The molecule has 27 heavy (non-hydrogen) atoms. The van der Waals surface area contributed by atoms with Crippen LogP contribution >= 0.6 is 0 Å². The van der Waals surface area contributed by atoms with Crippen molar-refractivity contribution < 1.29 is 35.5 Å². The predicted molar refractivity (Wildman–Crippen MR) is 80.8 cm³/mol. The summed E-state index contributed by atoms with van der Waals surface area (Å²) in [6, 6.07) is 8.57. The normalized spacial score (nSPS) is 12.9. The molecule has 0 fully saturated rings. The summed E-state index contributed by atoms with van der Waals surface area (Å²) in [4.78, 5) is 11.4. The lowest BCUT2D eigenvalue weighted by Gasteiger charge is -2.27. The molecule has 0 unspecified atom stereocenters. The van der Waals surface area contributed by atoms with Crippen molar-refractivity contribution in [3.8, 4) is 5.69 Å². The fourth-order valence-corrected chi connectivity index (χ4v) is 2.35. The molecular formula is C16H14F7N3O. The van der Waals surface area contributed by atoms with Crippen LogP contribution in [0.5, 0.6) is 0 Å². The van der Waals surface area contributed by atoms with E-state index in [2.05, 4.69) is 5.10 Å². The lowest BCUT2D eigenvalue weighted by molar-refractivity contribution is -0.344. The summed E-state index contributed by atoms with van der Waals surface area (Å²) in [6.45, 7) is 2.33. The number of nitrogens with one attached hydrogen (secondary N) is 1. The third-order valence-electron chi connectivity index (χ3n) is 3.90. The first-order chi connectivity index (χ1) is 12.3. The molecule has 0 bridgehead atoms. The lowest BCUT2D eigenvalue weighted by atomic mass is 10.1. The van der Waals surface area contributed by atoms with Crippen LogP contribution in [0.4, 0.5) is 30.7 Å². The summed E-state index contributed by atoms with van der Waals surface area (Å²) < 4.78 is 90.4. The summed E-state index contributed by atoms with van der Waals surface area (Å²) in [7, 11) is 0. The van der Waals surface area contributed by atoms with Gasteiger partial charge in [0, 0.05) is 17.8 Å². The van der Waals surface area contributed by atoms with Crippen molar-refractivity contribution in [1.29, 1.82) is 0 Å². The van der Waals surface area contributed by atoms with Crippen LogP contribution in [0, 0.1) is 13.8 Å². The highest BCUT2D eigenvalue weighted by Gasteiger charge is 2.76. The summed E-state index contributed by atoms with van der Waals surface area (Å²) >= 11 is 0. The molecule has 0 saturated heterocycles. The Morgan fingerprint density at radius 3 is 2.11 bits per heavy atom. The SMILES string of the molecule is Cc1nn(-c2ccccc2)c(C)c1CNC(=O)C(F)(F)C(F)(F)C(F)(F)F. The Labute approximate surface area is 149 Å². The van der Waals surface area contributed by atoms with E-state index in [-0.39, 0.29) is 5.56 Å². The highest BCUT2D eigenvalue weighted by atomic mass is 19.4. The number of aromatic nitrogens is 2. The van der Waals surface area contributed by atoms with Crippen LogP contribution in [0.2, 0.25) is 0 Å². The Kier molecular flexibility index (Phi) is 5.26. The van der Waals surface area contributed by atoms with Crippen molar-refractivity contribution in [2.75, 3.05) is 0 Å². The third-order valence-corrected chi connectivity index (χ3v) is 3.90. The van der Waals surface area contributed by atoms with Gasteiger partial charge in [-0.2, -0.15) is 35.8 Å². The number of alkyl halides is 7. The quantitative estimate of drug-likeness (QED) is 0.777. The topological polar surface area (TPSA) is 46.9 Å². The molecule has 2 rings (SSSR count). The Balaban J connectivity index is 2.22. The Morgan fingerprint density at radius 2 is 1.59 bits per heavy atom. The van der Waals surface area contributed by atoms with E-state index >= 15 is 0 Å². The van der Waals surface area contributed by atoms with Gasteiger partial charge in [-0.15, -0.1) is 0 Å². The standard InChI is InChI=1S/C16H14F7N3O/c1-9-12(10(2)26(25-9)11-6-4-3-5-7-11)8-24-13(27)14(17,18)15(19,20)16(21,22)23/h3-7H,8H2,1-2H3,(H,24,27). The Hall–Kier alpha value is -2.59. The molecule has 11 heteroatoms. The van der Waals surface area contributed by atoms with Gasteiger partial charge in [0.1, 0.15) is 0 Å². The minimum absolute atomic E-state index is 0.221. The summed E-state index contributed by atoms with van der Waals surface area (Å²) in [5, 5.41) is 5.60. The smallest absolute Gasteiger partial charge is 0.346 e. The van der Waals surface area contributed by atoms with Gasteiger partial charge >= 0.3 is 18.0 Å². The zero-order valence-electron chi connectivity index (χ0n) is 14.0. The molecule has 1 aromatic carbocycles. The van der Waals surface area contributed by atoms with Crippen LogP contribution in [0.25, 0.3) is 5.69 Å². The Morgan fingerprint density at radius 1 is 1.04 bits per heavy atom. The molecule has 1 heterocycles. The fraction of sp³-hybridized carbons (Fsp3) is 0.375. The zero-order chi connectivity index (χ0) is 20.6. The second-order valence-corrected chi connectivity index (χ2v) is 5.73. The first-order valence-electron chi connectivity index (χ1n) is 7.52. The predicted octanol–water partition coefficient (Wildman–Crippen LogP) is 3.94. The number of amides is 1. The van der Waals surface area contributed by atoms with E-state index in [1.165, 1.54) is 23.8 Å². The number of rotatable bonds is 5. The van der Waals surface area contributed by atoms with Gasteiger partial charge in [-0.25, -0.2) is 4.68 Å². The number of hydrogen-bond acceptors (Lipinski definition) is 2. The summed E-state index contributed by atoms with van der Waals surface area (Å²) in [5.41, 5.74) is 1.54. The van der Waals surface area contributed by atoms with E-state index in [1.807, 2.05) is 0 Å². The van der Waals surface area contributed by atoms with Crippen LogP contribution in [-0.4, -0.2) is 33.7 Å². The van der Waals surface area contributed by atoms with Gasteiger partial charge in [-0.1, -0.05) is 18.2 Å². The number of carbonyl (C=O) groups excluding carboxylic acids is 1. The lowest BCUT2D eigenvalue weighted by Crippen LogP contribution is -2.59. The van der Waals surface area contributed by atoms with E-state index in [0.29, 0.717) is 17.1 Å². The van der Waals surface area contributed by atoms with Gasteiger partial charge in [-0.3, -0.25) is 4.79 Å². The first-order valence-corrected chi connectivity index (χ1v) is 7.52. The number of carbonyl (C=O) groups is 1. The molecule has 0 radical (unpaired) electrons. The number of halogens is 7. The molecule has 0 aliphatic heterocycles. The van der Waals surface area contributed by atoms with E-state index in [0.717, 1.165) is 0 Å². The summed E-state index contributed by atoms with van der Waals surface area (Å²) in [5.74, 6) is -15.2. The van der Waals surface area contributed by atoms with Crippen molar-refractivity contribution in [2.24, 2.45) is 0 Å². The molecule has 0 aliphatic rings. The van der Waals surface area contributed by atoms with Gasteiger partial charge in [-0.05, 0) is 26.0 Å². The van der Waals surface area contributed by atoms with Gasteiger partial charge in [0.05, 0.1) is 11.4 Å². The maximum absolute atomic E-state index is 13.4. The Bertz CT molecular complexity index is 829. The van der Waals surface area contributed by atoms with Gasteiger partial charge in [0.15, 0.2) is 0 Å². The molecule has 1 amide bonds. The highest BCUT2D eigenvalue weighted by molar-refractivity contribution is 5.84. The maximum atomic E-state index is 13.4. The molecule has 0 aliphatic carbocycles. The second kappa shape index (κ2) is 6.86. The molecule has 1 aromatic heterocycles. The number of nitrogens with zero attached hydrogens (tertiary/aromatic N) is 2. The largest absolute Gasteiger partial charge is 0.460 e. The average molecular weight is 397 g/mol. The van der Waals surface area contributed by atoms with Crippen LogP contribution in [0.1, 0.15) is 17.0 Å². The van der Waals surface area contributed by atoms with Crippen molar-refractivity contribution >= 4 is 5.91 Å². The number of hydrogen-bond donors (Lipinski definition) is 1. The number of benzene rings is 1. The van der Waals surface area contributed by atoms with E-state index in [9.17, 15) is 35.5 Å². The van der Waals surface area contributed by atoms with Gasteiger partial charge < -0.3 is 5.32 Å². The molecule has 148 valence electrons. The van der Waals surface area contributed by atoms with Crippen molar-refractivity contribution in [2.45, 2.75) is 38.4 Å². The monoisotopic (exact) mass is 397 g/mol. The number of aryl methyl sites for hydroxylation is 1. The van der Waals surface area contributed by atoms with E-state index in [1.54, 1.807) is 30.3 Å². The molecule has 2 aromatic rings. The molecule has 0 atom stereocenters. The van der Waals surface area contributed by atoms with Crippen molar-refractivity contribution in [3.63, 3.8) is 0 Å². The zero-order valence-corrected chi connectivity index (χ0v) is 14.0. The second-order valence-electron chi connectivity index (χ2n) is 5.73. The third kappa shape index (κ3) is 3.62. The molecule has 1 N–H and O–H groups in total. The first kappa shape index (κ1) is 20.7. The van der Waals surface area contributed by atoms with Crippen LogP contribution in [0.15, 0.2) is 30.3 Å². The van der Waals surface area contributed by atoms with Gasteiger partial charge in [0.2, 0.25) is 0 Å². The minimum atomic E-state index is -6.57. The van der Waals surface area contributed by atoms with Crippen LogP contribution < -0.4 is 5.32 Å². The van der Waals surface area contributed by atoms with Crippen LogP contribution in [0.3, 0.4) is 0 Å². The maximum Gasteiger partial charge on any atom is 0.460 e. The highest BCUT2D eigenvalue weighted by Crippen LogP contribution is 2.46. The molecule has 0 saturated carbocycles. The number of para-hydroxylation sites is 1. The average Bonchev–Trinajstić information content (AvgIpc) is 2.86. The van der Waals surface area contributed by atoms with E-state index < -0.39 is 30.5 Å².